The van der Waals surface area contributed by atoms with Gasteiger partial charge in [0.05, 0.1) is 23.2 Å². The third-order valence-electron chi connectivity index (χ3n) is 3.49. The number of piperidine rings is 1. The fraction of sp³-hybridized carbons (Fsp3) is 0.308. The van der Waals surface area contributed by atoms with Crippen molar-refractivity contribution in [3.05, 3.63) is 24.3 Å². The number of hydrogen-bond acceptors (Lipinski definition) is 4. The monoisotopic (exact) mass is 259 g/mol. The molecule has 6 heteroatoms. The lowest BCUT2D eigenvalue weighted by atomic mass is 10.2. The van der Waals surface area contributed by atoms with E-state index in [9.17, 15) is 14.4 Å². The highest BCUT2D eigenvalue weighted by atomic mass is 16.2. The van der Waals surface area contributed by atoms with Crippen LogP contribution in [0.15, 0.2) is 24.3 Å². The lowest BCUT2D eigenvalue weighted by Crippen LogP contribution is -2.39. The predicted octanol–water partition coefficient (Wildman–Crippen LogP) is 0.212. The number of rotatable bonds is 3. The molecular formula is C13H13N3O3. The van der Waals surface area contributed by atoms with Gasteiger partial charge in [0.1, 0.15) is 6.54 Å². The van der Waals surface area contributed by atoms with Crippen molar-refractivity contribution in [3.8, 4) is 0 Å². The fourth-order valence-electron chi connectivity index (χ4n) is 2.35. The number of likely N-dealkylation sites (tertiary alicyclic amines) is 1. The van der Waals surface area contributed by atoms with Crippen LogP contribution in [0.2, 0.25) is 0 Å². The van der Waals surface area contributed by atoms with E-state index in [4.69, 9.17) is 5.73 Å². The van der Waals surface area contributed by atoms with E-state index in [0.717, 1.165) is 4.90 Å². The number of nitrogens with two attached hydrogens (primary N) is 1. The second kappa shape index (κ2) is 4.08. The number of carbonyl (C=O) groups is 3. The molecule has 0 bridgehead atoms. The van der Waals surface area contributed by atoms with Crippen LogP contribution in [0, 0.1) is 11.8 Å². The Kier molecular flexibility index (Phi) is 2.51. The van der Waals surface area contributed by atoms with Crippen LogP contribution < -0.4 is 11.1 Å². The second-order valence-electron chi connectivity index (χ2n) is 4.85. The van der Waals surface area contributed by atoms with Crippen molar-refractivity contribution in [1.29, 1.82) is 0 Å². The number of nitrogens with zero attached hydrogens (tertiary/aromatic N) is 1. The molecule has 3 N–H and O–H groups in total. The number of fused-ring (bicyclic) bond motifs is 1. The topological polar surface area (TPSA) is 92.5 Å². The maximum Gasteiger partial charge on any atom is 0.244 e. The van der Waals surface area contributed by atoms with E-state index >= 15 is 0 Å². The molecule has 1 aliphatic heterocycles. The molecule has 1 aromatic carbocycles. The smallest absolute Gasteiger partial charge is 0.244 e. The van der Waals surface area contributed by atoms with Crippen LogP contribution in [0.25, 0.3) is 0 Å². The Balaban J connectivity index is 1.65. The SMILES string of the molecule is Nc1ccccc1NC(=O)CN1C(=O)C2CC2C1=O. The van der Waals surface area contributed by atoms with Crippen molar-refractivity contribution in [2.75, 3.05) is 17.6 Å². The molecule has 1 aliphatic carbocycles. The largest absolute Gasteiger partial charge is 0.397 e. The highest BCUT2D eigenvalue weighted by Gasteiger charge is 2.59. The van der Waals surface area contributed by atoms with E-state index in [2.05, 4.69) is 5.32 Å². The zero-order chi connectivity index (χ0) is 13.6. The molecular weight excluding hydrogens is 246 g/mol. The molecule has 0 radical (unpaired) electrons. The van der Waals surface area contributed by atoms with Crippen molar-refractivity contribution in [2.24, 2.45) is 11.8 Å². The Morgan fingerprint density at radius 2 is 1.89 bits per heavy atom. The summed E-state index contributed by atoms with van der Waals surface area (Å²) in [5.74, 6) is -1.23. The lowest BCUT2D eigenvalue weighted by Gasteiger charge is -2.16. The number of imide groups is 1. The number of hydrogen-bond donors (Lipinski definition) is 2. The van der Waals surface area contributed by atoms with Crippen LogP contribution in [0.4, 0.5) is 11.4 Å². The third kappa shape index (κ3) is 1.95. The summed E-state index contributed by atoms with van der Waals surface area (Å²) in [6.45, 7) is -0.237. The summed E-state index contributed by atoms with van der Waals surface area (Å²) in [6.07, 6.45) is 0.640. The maximum atomic E-state index is 11.8. The summed E-state index contributed by atoms with van der Waals surface area (Å²) in [4.78, 5) is 36.3. The Morgan fingerprint density at radius 1 is 1.26 bits per heavy atom. The zero-order valence-electron chi connectivity index (χ0n) is 10.1. The number of nitrogen functional groups attached to an aromatic ring is 1. The van der Waals surface area contributed by atoms with Crippen LogP contribution >= 0.6 is 0 Å². The Morgan fingerprint density at radius 3 is 2.53 bits per heavy atom. The summed E-state index contributed by atoms with van der Waals surface area (Å²) in [5.41, 5.74) is 6.62. The van der Waals surface area contributed by atoms with Gasteiger partial charge >= 0.3 is 0 Å². The minimum atomic E-state index is -0.416. The zero-order valence-corrected chi connectivity index (χ0v) is 10.1. The summed E-state index contributed by atoms with van der Waals surface area (Å²) in [7, 11) is 0. The second-order valence-corrected chi connectivity index (χ2v) is 4.85. The van der Waals surface area contributed by atoms with Gasteiger partial charge in [-0.05, 0) is 18.6 Å². The Hall–Kier alpha value is -2.37. The van der Waals surface area contributed by atoms with Gasteiger partial charge in [0.15, 0.2) is 0 Å². The number of para-hydroxylation sites is 2. The normalized spacial score (nSPS) is 24.3. The van der Waals surface area contributed by atoms with Gasteiger partial charge < -0.3 is 11.1 Å². The fourth-order valence-corrected chi connectivity index (χ4v) is 2.35. The number of nitrogens with one attached hydrogen (secondary N) is 1. The van der Waals surface area contributed by atoms with Gasteiger partial charge in [0.25, 0.3) is 0 Å². The van der Waals surface area contributed by atoms with E-state index in [1.165, 1.54) is 0 Å². The summed E-state index contributed by atoms with van der Waals surface area (Å²) >= 11 is 0. The molecule has 2 fully saturated rings. The minimum Gasteiger partial charge on any atom is -0.397 e. The molecule has 1 aromatic rings. The van der Waals surface area contributed by atoms with Crippen LogP contribution in [0.1, 0.15) is 6.42 Å². The summed E-state index contributed by atoms with van der Waals surface area (Å²) in [5, 5.41) is 2.60. The molecule has 0 aromatic heterocycles. The van der Waals surface area contributed by atoms with E-state index in [-0.39, 0.29) is 30.2 Å². The molecule has 98 valence electrons. The van der Waals surface area contributed by atoms with Crippen LogP contribution in [-0.2, 0) is 14.4 Å². The maximum absolute atomic E-state index is 11.8. The van der Waals surface area contributed by atoms with Gasteiger partial charge in [-0.25, -0.2) is 0 Å². The summed E-state index contributed by atoms with van der Waals surface area (Å²) < 4.78 is 0. The summed E-state index contributed by atoms with van der Waals surface area (Å²) in [6, 6.07) is 6.83. The molecule has 3 amide bonds. The molecule has 6 nitrogen and oxygen atoms in total. The first-order valence-electron chi connectivity index (χ1n) is 6.07. The van der Waals surface area contributed by atoms with Gasteiger partial charge in [-0.1, -0.05) is 12.1 Å². The lowest BCUT2D eigenvalue weighted by molar-refractivity contribution is -0.143. The Bertz CT molecular complexity index is 564. The van der Waals surface area contributed by atoms with Crippen LogP contribution in [0.3, 0.4) is 0 Å². The minimum absolute atomic E-state index is 0.179. The predicted molar refractivity (Wildman–Crippen MR) is 67.8 cm³/mol. The van der Waals surface area contributed by atoms with Gasteiger partial charge in [0.2, 0.25) is 17.7 Å². The highest BCUT2D eigenvalue weighted by molar-refractivity contribution is 6.11. The van der Waals surface area contributed by atoms with E-state index in [1.807, 2.05) is 0 Å². The number of carbonyl (C=O) groups excluding carboxylic acids is 3. The molecule has 2 aliphatic rings. The molecule has 1 heterocycles. The van der Waals surface area contributed by atoms with Gasteiger partial charge in [-0.3, -0.25) is 19.3 Å². The van der Waals surface area contributed by atoms with Gasteiger partial charge in [0, 0.05) is 0 Å². The van der Waals surface area contributed by atoms with Crippen molar-refractivity contribution in [1.82, 2.24) is 4.90 Å². The van der Waals surface area contributed by atoms with Crippen LogP contribution in [0.5, 0.6) is 0 Å². The molecule has 3 rings (SSSR count). The first-order valence-corrected chi connectivity index (χ1v) is 6.07. The number of amides is 3. The highest BCUT2D eigenvalue weighted by Crippen LogP contribution is 2.46. The standard InChI is InChI=1S/C13H13N3O3/c14-9-3-1-2-4-10(9)15-11(17)6-16-12(18)7-5-8(7)13(16)19/h1-4,7-8H,5-6,14H2,(H,15,17). The first-order chi connectivity index (χ1) is 9.08. The third-order valence-corrected chi connectivity index (χ3v) is 3.49. The molecule has 0 spiro atoms. The van der Waals surface area contributed by atoms with Crippen molar-refractivity contribution in [3.63, 3.8) is 0 Å². The van der Waals surface area contributed by atoms with Crippen molar-refractivity contribution >= 4 is 29.1 Å². The average Bonchev–Trinajstić information content (AvgIpc) is 3.13. The van der Waals surface area contributed by atoms with Crippen molar-refractivity contribution < 1.29 is 14.4 Å². The molecule has 1 saturated heterocycles. The van der Waals surface area contributed by atoms with E-state index in [1.54, 1.807) is 24.3 Å². The molecule has 2 atom stereocenters. The number of anilines is 2. The molecule has 2 unspecified atom stereocenters. The molecule has 1 saturated carbocycles. The quantitative estimate of drug-likeness (QED) is 0.599. The van der Waals surface area contributed by atoms with Gasteiger partial charge in [-0.15, -0.1) is 0 Å². The first kappa shape index (κ1) is 11.7. The van der Waals surface area contributed by atoms with Crippen molar-refractivity contribution in [2.45, 2.75) is 6.42 Å². The average molecular weight is 259 g/mol. The molecule has 19 heavy (non-hydrogen) atoms. The van der Waals surface area contributed by atoms with Crippen LogP contribution in [-0.4, -0.2) is 29.2 Å². The number of benzene rings is 1. The van der Waals surface area contributed by atoms with E-state index < -0.39 is 5.91 Å². The Labute approximate surface area is 109 Å². The van der Waals surface area contributed by atoms with E-state index in [0.29, 0.717) is 17.8 Å². The van der Waals surface area contributed by atoms with Gasteiger partial charge in [-0.2, -0.15) is 0 Å².